The van der Waals surface area contributed by atoms with E-state index in [9.17, 15) is 4.79 Å². The highest BCUT2D eigenvalue weighted by Gasteiger charge is 2.18. The molecule has 1 aliphatic rings. The van der Waals surface area contributed by atoms with Gasteiger partial charge in [-0.25, -0.2) is 4.98 Å². The molecule has 1 aliphatic carbocycles. The van der Waals surface area contributed by atoms with Crippen LogP contribution in [0.3, 0.4) is 0 Å². The van der Waals surface area contributed by atoms with Gasteiger partial charge in [-0.2, -0.15) is 10.1 Å². The molecular formula is C23H22ClN7OS. The fourth-order valence-corrected chi connectivity index (χ4v) is 4.93. The van der Waals surface area contributed by atoms with E-state index >= 15 is 0 Å². The minimum Gasteiger partial charge on any atom is -0.355 e. The lowest BCUT2D eigenvalue weighted by molar-refractivity contribution is 0.0964. The summed E-state index contributed by atoms with van der Waals surface area (Å²) in [6.45, 7) is 1.94. The van der Waals surface area contributed by atoms with Gasteiger partial charge in [0, 0.05) is 34.2 Å². The Hall–Kier alpha value is -3.43. The summed E-state index contributed by atoms with van der Waals surface area (Å²) in [5.74, 6) is 0.652. The van der Waals surface area contributed by atoms with Gasteiger partial charge >= 0.3 is 0 Å². The first-order valence-electron chi connectivity index (χ1n) is 10.6. The van der Waals surface area contributed by atoms with Crippen LogP contribution < -0.4 is 16.0 Å². The van der Waals surface area contributed by atoms with Gasteiger partial charge in [0.2, 0.25) is 5.95 Å². The van der Waals surface area contributed by atoms with Gasteiger partial charge in [-0.05, 0) is 49.4 Å². The molecule has 3 aromatic heterocycles. The molecule has 1 amide bonds. The number of amides is 1. The van der Waals surface area contributed by atoms with Gasteiger partial charge in [0.05, 0.1) is 23.6 Å². The molecule has 0 radical (unpaired) electrons. The van der Waals surface area contributed by atoms with Crippen molar-refractivity contribution >= 4 is 52.0 Å². The second kappa shape index (κ2) is 8.84. The molecule has 10 heteroatoms. The number of anilines is 4. The third kappa shape index (κ3) is 4.17. The van der Waals surface area contributed by atoms with Gasteiger partial charge in [0.25, 0.3) is 5.91 Å². The number of aromatic amines is 1. The summed E-state index contributed by atoms with van der Waals surface area (Å²) in [4.78, 5) is 22.1. The Morgan fingerprint density at radius 3 is 2.91 bits per heavy atom. The van der Waals surface area contributed by atoms with Gasteiger partial charge in [0.15, 0.2) is 5.82 Å². The molecule has 4 N–H and O–H groups in total. The largest absolute Gasteiger partial charge is 0.355 e. The van der Waals surface area contributed by atoms with Crippen LogP contribution in [0.15, 0.2) is 36.0 Å². The van der Waals surface area contributed by atoms with Crippen LogP contribution >= 0.6 is 22.9 Å². The number of nitrogens with one attached hydrogen (secondary N) is 4. The molecule has 5 rings (SSSR count). The van der Waals surface area contributed by atoms with E-state index in [0.29, 0.717) is 28.0 Å². The molecular weight excluding hydrogens is 458 g/mol. The third-order valence-corrected chi connectivity index (χ3v) is 6.87. The van der Waals surface area contributed by atoms with E-state index < -0.39 is 0 Å². The zero-order chi connectivity index (χ0) is 22.9. The average Bonchev–Trinajstić information content (AvgIpc) is 3.39. The molecule has 0 bridgehead atoms. The predicted molar refractivity (Wildman–Crippen MR) is 132 cm³/mol. The van der Waals surface area contributed by atoms with E-state index in [1.54, 1.807) is 7.05 Å². The van der Waals surface area contributed by atoms with Gasteiger partial charge in [-0.15, -0.1) is 11.3 Å². The molecule has 4 aromatic rings. The first kappa shape index (κ1) is 21.4. The molecule has 33 heavy (non-hydrogen) atoms. The molecule has 0 saturated heterocycles. The summed E-state index contributed by atoms with van der Waals surface area (Å²) >= 11 is 7.85. The molecule has 3 heterocycles. The van der Waals surface area contributed by atoms with E-state index in [4.69, 9.17) is 11.6 Å². The number of hydrogen-bond donors (Lipinski definition) is 4. The molecule has 0 unspecified atom stereocenters. The minimum absolute atomic E-state index is 0.172. The van der Waals surface area contributed by atoms with Crippen LogP contribution in [-0.2, 0) is 12.8 Å². The quantitative estimate of drug-likeness (QED) is 0.312. The molecule has 0 aliphatic heterocycles. The van der Waals surface area contributed by atoms with Crippen LogP contribution in [-0.4, -0.2) is 33.1 Å². The Kier molecular flexibility index (Phi) is 5.74. The van der Waals surface area contributed by atoms with E-state index in [1.165, 1.54) is 23.1 Å². The third-order valence-electron chi connectivity index (χ3n) is 5.68. The molecule has 1 aromatic carbocycles. The fourth-order valence-electron chi connectivity index (χ4n) is 3.99. The first-order chi connectivity index (χ1) is 16.0. The Balaban J connectivity index is 1.44. The van der Waals surface area contributed by atoms with Gasteiger partial charge in [-0.3, -0.25) is 9.89 Å². The highest BCUT2D eigenvalue weighted by Crippen LogP contribution is 2.35. The summed E-state index contributed by atoms with van der Waals surface area (Å²) in [6.07, 6.45) is 6.53. The summed E-state index contributed by atoms with van der Waals surface area (Å²) in [7, 11) is 1.60. The molecule has 168 valence electrons. The standard InChI is InChI=1S/C23H22ClN7OS/c1-12-20(17(11-33-12)22(32)25-2)29-21-18(24)10-26-23(30-21)28-14-7-6-13-4-3-5-19-16(9-27-31-19)15(13)8-14/h6-11H,3-5H2,1-2H3,(H,25,32)(H,27,31)(H2,26,28,29,30). The van der Waals surface area contributed by atoms with Crippen molar-refractivity contribution < 1.29 is 4.79 Å². The highest BCUT2D eigenvalue weighted by atomic mass is 35.5. The van der Waals surface area contributed by atoms with Crippen molar-refractivity contribution in [3.8, 4) is 11.1 Å². The number of H-pyrrole nitrogens is 1. The lowest BCUT2D eigenvalue weighted by Crippen LogP contribution is -2.18. The normalized spacial score (nSPS) is 12.5. The van der Waals surface area contributed by atoms with Crippen molar-refractivity contribution in [2.75, 3.05) is 17.7 Å². The lowest BCUT2D eigenvalue weighted by Gasteiger charge is -2.13. The van der Waals surface area contributed by atoms with E-state index in [0.717, 1.165) is 46.6 Å². The summed E-state index contributed by atoms with van der Waals surface area (Å²) < 4.78 is 0. The monoisotopic (exact) mass is 479 g/mol. The summed E-state index contributed by atoms with van der Waals surface area (Å²) in [5.41, 5.74) is 6.87. The maximum Gasteiger partial charge on any atom is 0.253 e. The second-order valence-electron chi connectivity index (χ2n) is 7.79. The summed E-state index contributed by atoms with van der Waals surface area (Å²) in [5, 5.41) is 18.7. The SMILES string of the molecule is CNC(=O)c1csc(C)c1Nc1nc(Nc2ccc3c(c2)-c2cn[nH]c2CCC3)ncc1Cl. The number of aryl methyl sites for hydroxylation is 3. The van der Waals surface area contributed by atoms with Crippen LogP contribution in [0.2, 0.25) is 5.02 Å². The number of nitrogens with zero attached hydrogens (tertiary/aromatic N) is 3. The summed E-state index contributed by atoms with van der Waals surface area (Å²) in [6, 6.07) is 6.27. The zero-order valence-electron chi connectivity index (χ0n) is 18.1. The van der Waals surface area contributed by atoms with Crippen molar-refractivity contribution in [1.82, 2.24) is 25.5 Å². The maximum atomic E-state index is 12.2. The number of rotatable bonds is 5. The smallest absolute Gasteiger partial charge is 0.253 e. The number of fused-ring (bicyclic) bond motifs is 3. The Bertz CT molecular complexity index is 1350. The van der Waals surface area contributed by atoms with Crippen molar-refractivity contribution in [3.63, 3.8) is 0 Å². The topological polar surface area (TPSA) is 108 Å². The number of thiophene rings is 1. The molecule has 0 fully saturated rings. The highest BCUT2D eigenvalue weighted by molar-refractivity contribution is 7.10. The second-order valence-corrected chi connectivity index (χ2v) is 9.28. The van der Waals surface area contributed by atoms with Gasteiger partial charge in [0.1, 0.15) is 5.02 Å². The van der Waals surface area contributed by atoms with Gasteiger partial charge < -0.3 is 16.0 Å². The molecule has 0 saturated carbocycles. The van der Waals surface area contributed by atoms with Crippen molar-refractivity contribution in [2.24, 2.45) is 0 Å². The van der Waals surface area contributed by atoms with Crippen molar-refractivity contribution in [1.29, 1.82) is 0 Å². The minimum atomic E-state index is -0.172. The average molecular weight is 480 g/mol. The van der Waals surface area contributed by atoms with Crippen LogP contribution in [0.1, 0.15) is 32.9 Å². The maximum absolute atomic E-state index is 12.2. The molecule has 0 spiro atoms. The molecule has 8 nitrogen and oxygen atoms in total. The van der Waals surface area contributed by atoms with Gasteiger partial charge in [-0.1, -0.05) is 17.7 Å². The number of aromatic nitrogens is 4. The van der Waals surface area contributed by atoms with Crippen molar-refractivity contribution in [3.05, 3.63) is 62.7 Å². The Morgan fingerprint density at radius 1 is 1.18 bits per heavy atom. The van der Waals surface area contributed by atoms with Crippen LogP contribution in [0.25, 0.3) is 11.1 Å². The Morgan fingerprint density at radius 2 is 2.06 bits per heavy atom. The molecule has 0 atom stereocenters. The zero-order valence-corrected chi connectivity index (χ0v) is 19.7. The van der Waals surface area contributed by atoms with Crippen LogP contribution in [0, 0.1) is 6.92 Å². The number of carbonyl (C=O) groups excluding carboxylic acids is 1. The Labute approximate surface area is 199 Å². The fraction of sp³-hybridized carbons (Fsp3) is 0.217. The van der Waals surface area contributed by atoms with Crippen molar-refractivity contribution in [2.45, 2.75) is 26.2 Å². The van der Waals surface area contributed by atoms with Crippen LogP contribution in [0.4, 0.5) is 23.1 Å². The first-order valence-corrected chi connectivity index (χ1v) is 11.8. The number of carbonyl (C=O) groups is 1. The number of halogens is 1. The van der Waals surface area contributed by atoms with E-state index in [-0.39, 0.29) is 5.91 Å². The van der Waals surface area contributed by atoms with E-state index in [2.05, 4.69) is 48.2 Å². The number of benzene rings is 1. The van der Waals surface area contributed by atoms with Crippen LogP contribution in [0.5, 0.6) is 0 Å². The van der Waals surface area contributed by atoms with E-state index in [1.807, 2.05) is 24.6 Å². The lowest BCUT2D eigenvalue weighted by atomic mass is 10.00. The number of hydrogen-bond acceptors (Lipinski definition) is 7. The predicted octanol–water partition coefficient (Wildman–Crippen LogP) is 5.23.